The summed E-state index contributed by atoms with van der Waals surface area (Å²) in [6.07, 6.45) is 2.24. The van der Waals surface area contributed by atoms with E-state index in [4.69, 9.17) is 0 Å². The number of hydroxylamine groups is 2. The molecule has 0 radical (unpaired) electrons. The molecule has 0 aliphatic rings. The normalized spacial score (nSPS) is 14.4. The molecule has 1 atom stereocenters. The Morgan fingerprint density at radius 2 is 2.23 bits per heavy atom. The van der Waals surface area contributed by atoms with Gasteiger partial charge in [0.15, 0.2) is 0 Å². The Labute approximate surface area is 78.1 Å². The number of carbonyl (C=O) groups is 2. The minimum atomic E-state index is -0.802. The second kappa shape index (κ2) is 4.77. The molecule has 0 spiro atoms. The van der Waals surface area contributed by atoms with E-state index in [1.165, 1.54) is 20.2 Å². The molecule has 0 aliphatic heterocycles. The summed E-state index contributed by atoms with van der Waals surface area (Å²) < 4.78 is 0. The zero-order valence-electron chi connectivity index (χ0n) is 8.24. The average Bonchev–Trinajstić information content (AvgIpc) is 2.16. The van der Waals surface area contributed by atoms with Crippen LogP contribution in [0.25, 0.3) is 0 Å². The highest BCUT2D eigenvalue weighted by Gasteiger charge is 2.25. The molecule has 74 valence electrons. The van der Waals surface area contributed by atoms with Gasteiger partial charge in [-0.1, -0.05) is 6.08 Å². The molecule has 0 aliphatic carbocycles. The molecule has 0 saturated heterocycles. The molecule has 0 fully saturated rings. The summed E-state index contributed by atoms with van der Waals surface area (Å²) in [5, 5.41) is 1.09. The van der Waals surface area contributed by atoms with Crippen LogP contribution in [0.3, 0.4) is 0 Å². The van der Waals surface area contributed by atoms with Crippen LogP contribution in [0, 0.1) is 5.41 Å². The van der Waals surface area contributed by atoms with Gasteiger partial charge in [0.05, 0.1) is 7.11 Å². The van der Waals surface area contributed by atoms with Gasteiger partial charge < -0.3 is 4.79 Å². The van der Waals surface area contributed by atoms with Gasteiger partial charge in [0.2, 0.25) is 5.91 Å². The third kappa shape index (κ3) is 3.38. The first kappa shape index (κ1) is 11.8. The first-order valence-corrected chi connectivity index (χ1v) is 3.89. The second-order valence-corrected chi connectivity index (χ2v) is 3.08. The molecule has 4 heteroatoms. The van der Waals surface area contributed by atoms with Crippen molar-refractivity contribution in [3.8, 4) is 0 Å². The van der Waals surface area contributed by atoms with Crippen LogP contribution in [0.1, 0.15) is 13.3 Å². The van der Waals surface area contributed by atoms with E-state index >= 15 is 0 Å². The highest BCUT2D eigenvalue weighted by Crippen LogP contribution is 2.20. The number of hydrogen-bond donors (Lipinski definition) is 0. The largest absolute Gasteiger partial charge is 0.302 e. The number of aldehydes is 1. The number of amides is 1. The lowest BCUT2D eigenvalue weighted by molar-refractivity contribution is -0.170. The van der Waals surface area contributed by atoms with Gasteiger partial charge >= 0.3 is 0 Å². The minimum Gasteiger partial charge on any atom is -0.302 e. The zero-order chi connectivity index (χ0) is 10.5. The summed E-state index contributed by atoms with van der Waals surface area (Å²) in [5.41, 5.74) is -0.802. The summed E-state index contributed by atoms with van der Waals surface area (Å²) in [6.45, 7) is 5.15. The van der Waals surface area contributed by atoms with Crippen molar-refractivity contribution in [1.29, 1.82) is 0 Å². The highest BCUT2D eigenvalue weighted by atomic mass is 16.7. The molecule has 0 saturated carbocycles. The van der Waals surface area contributed by atoms with Crippen molar-refractivity contribution in [2.24, 2.45) is 5.41 Å². The molecular formula is C9H15NO3. The monoisotopic (exact) mass is 185 g/mol. The third-order valence-corrected chi connectivity index (χ3v) is 1.89. The SMILES string of the molecule is C=CC(C)(C=O)CC(=O)N(C)OC. The van der Waals surface area contributed by atoms with Crippen molar-refractivity contribution >= 4 is 12.2 Å². The van der Waals surface area contributed by atoms with E-state index < -0.39 is 5.41 Å². The van der Waals surface area contributed by atoms with Crippen LogP contribution in [0.2, 0.25) is 0 Å². The lowest BCUT2D eigenvalue weighted by atomic mass is 9.88. The predicted octanol–water partition coefficient (Wildman–Crippen LogP) is 0.787. The first-order valence-electron chi connectivity index (χ1n) is 3.89. The molecule has 1 amide bonds. The summed E-state index contributed by atoms with van der Waals surface area (Å²) in [7, 11) is 2.89. The molecule has 0 rings (SSSR count). The molecule has 0 N–H and O–H groups in total. The molecule has 0 heterocycles. The van der Waals surface area contributed by atoms with Crippen LogP contribution in [-0.4, -0.2) is 31.4 Å². The number of allylic oxidation sites excluding steroid dienone is 1. The predicted molar refractivity (Wildman–Crippen MR) is 48.8 cm³/mol. The van der Waals surface area contributed by atoms with Gasteiger partial charge in [0.25, 0.3) is 0 Å². The van der Waals surface area contributed by atoms with Gasteiger partial charge in [-0.05, 0) is 6.92 Å². The standard InChI is InChI=1S/C9H15NO3/c1-5-9(2,7-11)6-8(12)10(3)13-4/h5,7H,1,6H2,2-4H3. The number of rotatable bonds is 5. The fraction of sp³-hybridized carbons (Fsp3) is 0.556. The Morgan fingerprint density at radius 3 is 2.54 bits per heavy atom. The van der Waals surface area contributed by atoms with Crippen LogP contribution < -0.4 is 0 Å². The van der Waals surface area contributed by atoms with Gasteiger partial charge in [0.1, 0.15) is 6.29 Å². The Balaban J connectivity index is 4.33. The zero-order valence-corrected chi connectivity index (χ0v) is 8.24. The Kier molecular flexibility index (Phi) is 4.34. The quantitative estimate of drug-likeness (QED) is 0.361. The Morgan fingerprint density at radius 1 is 1.69 bits per heavy atom. The first-order chi connectivity index (χ1) is 5.99. The topological polar surface area (TPSA) is 46.6 Å². The summed E-state index contributed by atoms with van der Waals surface area (Å²) in [5.74, 6) is -0.253. The van der Waals surface area contributed by atoms with E-state index in [-0.39, 0.29) is 12.3 Å². The molecule has 0 bridgehead atoms. The van der Waals surface area contributed by atoms with Crippen LogP contribution in [0.5, 0.6) is 0 Å². The maximum atomic E-state index is 11.3. The maximum Gasteiger partial charge on any atom is 0.247 e. The van der Waals surface area contributed by atoms with Crippen molar-refractivity contribution in [2.45, 2.75) is 13.3 Å². The fourth-order valence-electron chi connectivity index (χ4n) is 0.701. The van der Waals surface area contributed by atoms with Crippen LogP contribution >= 0.6 is 0 Å². The van der Waals surface area contributed by atoms with Gasteiger partial charge in [-0.25, -0.2) is 5.06 Å². The van der Waals surface area contributed by atoms with E-state index in [9.17, 15) is 9.59 Å². The minimum absolute atomic E-state index is 0.0737. The lowest BCUT2D eigenvalue weighted by Crippen LogP contribution is -2.31. The van der Waals surface area contributed by atoms with E-state index in [0.717, 1.165) is 5.06 Å². The average molecular weight is 185 g/mol. The van der Waals surface area contributed by atoms with Crippen molar-refractivity contribution in [3.63, 3.8) is 0 Å². The summed E-state index contributed by atoms with van der Waals surface area (Å²) >= 11 is 0. The van der Waals surface area contributed by atoms with Crippen molar-refractivity contribution in [1.82, 2.24) is 5.06 Å². The van der Waals surface area contributed by atoms with Gasteiger partial charge in [-0.3, -0.25) is 9.63 Å². The van der Waals surface area contributed by atoms with E-state index in [1.54, 1.807) is 6.92 Å². The van der Waals surface area contributed by atoms with Gasteiger partial charge in [-0.2, -0.15) is 0 Å². The van der Waals surface area contributed by atoms with E-state index in [0.29, 0.717) is 6.29 Å². The molecule has 4 nitrogen and oxygen atoms in total. The molecule has 0 aromatic rings. The number of carbonyl (C=O) groups excluding carboxylic acids is 2. The Hall–Kier alpha value is -1.16. The van der Waals surface area contributed by atoms with Crippen LogP contribution in [-0.2, 0) is 14.4 Å². The number of hydrogen-bond acceptors (Lipinski definition) is 3. The van der Waals surface area contributed by atoms with E-state index in [1.807, 2.05) is 0 Å². The van der Waals surface area contributed by atoms with Gasteiger partial charge in [-0.15, -0.1) is 6.58 Å². The highest BCUT2D eigenvalue weighted by molar-refractivity contribution is 5.80. The lowest BCUT2D eigenvalue weighted by Gasteiger charge is -2.20. The molecule has 1 unspecified atom stereocenters. The molecule has 0 aromatic carbocycles. The second-order valence-electron chi connectivity index (χ2n) is 3.08. The molecule has 13 heavy (non-hydrogen) atoms. The fourth-order valence-corrected chi connectivity index (χ4v) is 0.701. The summed E-state index contributed by atoms with van der Waals surface area (Å²) in [4.78, 5) is 26.6. The van der Waals surface area contributed by atoms with Crippen LogP contribution in [0.4, 0.5) is 0 Å². The van der Waals surface area contributed by atoms with Crippen LogP contribution in [0.15, 0.2) is 12.7 Å². The van der Waals surface area contributed by atoms with E-state index in [2.05, 4.69) is 11.4 Å². The molecule has 0 aromatic heterocycles. The van der Waals surface area contributed by atoms with Crippen molar-refractivity contribution < 1.29 is 14.4 Å². The maximum absolute atomic E-state index is 11.3. The van der Waals surface area contributed by atoms with Crippen molar-refractivity contribution in [3.05, 3.63) is 12.7 Å². The van der Waals surface area contributed by atoms with Crippen molar-refractivity contribution in [2.75, 3.05) is 14.2 Å². The Bertz CT molecular complexity index is 205. The number of nitrogens with zero attached hydrogens (tertiary/aromatic N) is 1. The smallest absolute Gasteiger partial charge is 0.247 e. The third-order valence-electron chi connectivity index (χ3n) is 1.89. The van der Waals surface area contributed by atoms with Gasteiger partial charge in [0, 0.05) is 18.9 Å². The molecular weight excluding hydrogens is 170 g/mol. The summed E-state index contributed by atoms with van der Waals surface area (Å²) in [6, 6.07) is 0.